The summed E-state index contributed by atoms with van der Waals surface area (Å²) in [6.45, 7) is 3.62. The van der Waals surface area contributed by atoms with E-state index in [1.807, 2.05) is 25.1 Å². The number of carbonyl (C=O) groups is 1. The minimum Gasteiger partial charge on any atom is -0.410 e. The van der Waals surface area contributed by atoms with Crippen LogP contribution in [0.3, 0.4) is 0 Å². The summed E-state index contributed by atoms with van der Waals surface area (Å²) in [5, 5.41) is 0. The van der Waals surface area contributed by atoms with Gasteiger partial charge in [-0.15, -0.1) is 0 Å². The average Bonchev–Trinajstić information content (AvgIpc) is 1.99. The number of benzene rings is 1. The van der Waals surface area contributed by atoms with Gasteiger partial charge in [-0.1, -0.05) is 12.1 Å². The molecule has 0 unspecified atom stereocenters. The molecule has 1 aliphatic heterocycles. The molecule has 0 saturated carbocycles. The monoisotopic (exact) mass is 191 g/mol. The Balaban J connectivity index is 1.99. The third-order valence-electron chi connectivity index (χ3n) is 2.31. The van der Waals surface area contributed by atoms with Crippen molar-refractivity contribution in [3.05, 3.63) is 29.8 Å². The molecule has 1 aliphatic rings. The highest BCUT2D eigenvalue weighted by molar-refractivity contribution is 5.71. The van der Waals surface area contributed by atoms with Crippen LogP contribution in [0.4, 0.5) is 4.79 Å². The Bertz CT molecular complexity index is 345. The first-order chi connectivity index (χ1) is 6.75. The van der Waals surface area contributed by atoms with Crippen molar-refractivity contribution in [1.82, 2.24) is 4.90 Å². The van der Waals surface area contributed by atoms with Crippen molar-refractivity contribution in [3.8, 4) is 5.75 Å². The minimum atomic E-state index is -0.234. The SMILES string of the molecule is Cc1cccc(OC(=O)N2CCC2)c1. The minimum absolute atomic E-state index is 0.234. The summed E-state index contributed by atoms with van der Waals surface area (Å²) >= 11 is 0. The van der Waals surface area contributed by atoms with E-state index in [4.69, 9.17) is 4.74 Å². The van der Waals surface area contributed by atoms with E-state index in [9.17, 15) is 4.79 Å². The smallest absolute Gasteiger partial charge is 0.410 e. The molecule has 14 heavy (non-hydrogen) atoms. The maximum Gasteiger partial charge on any atom is 0.415 e. The quantitative estimate of drug-likeness (QED) is 0.681. The lowest BCUT2D eigenvalue weighted by molar-refractivity contribution is 0.125. The van der Waals surface area contributed by atoms with Crippen LogP contribution in [0.15, 0.2) is 24.3 Å². The van der Waals surface area contributed by atoms with Crippen LogP contribution in [-0.4, -0.2) is 24.1 Å². The second-order valence-corrected chi connectivity index (χ2v) is 3.53. The first-order valence-electron chi connectivity index (χ1n) is 4.79. The molecule has 2 rings (SSSR count). The van der Waals surface area contributed by atoms with Gasteiger partial charge in [-0.05, 0) is 31.0 Å². The fourth-order valence-corrected chi connectivity index (χ4v) is 1.34. The van der Waals surface area contributed by atoms with Gasteiger partial charge < -0.3 is 9.64 Å². The number of likely N-dealkylation sites (tertiary alicyclic amines) is 1. The molecule has 1 aromatic carbocycles. The van der Waals surface area contributed by atoms with Gasteiger partial charge >= 0.3 is 6.09 Å². The van der Waals surface area contributed by atoms with E-state index in [-0.39, 0.29) is 6.09 Å². The molecule has 1 fully saturated rings. The van der Waals surface area contributed by atoms with Crippen molar-refractivity contribution >= 4 is 6.09 Å². The summed E-state index contributed by atoms with van der Waals surface area (Å²) in [6.07, 6.45) is 0.852. The molecule has 0 radical (unpaired) electrons. The van der Waals surface area contributed by atoms with Crippen molar-refractivity contribution in [3.63, 3.8) is 0 Å². The van der Waals surface area contributed by atoms with Crippen molar-refractivity contribution < 1.29 is 9.53 Å². The molecule has 0 atom stereocenters. The lowest BCUT2D eigenvalue weighted by Crippen LogP contribution is -2.43. The molecule has 0 N–H and O–H groups in total. The summed E-state index contributed by atoms with van der Waals surface area (Å²) in [7, 11) is 0. The van der Waals surface area contributed by atoms with E-state index in [1.165, 1.54) is 0 Å². The Labute approximate surface area is 83.3 Å². The molecule has 0 aliphatic carbocycles. The third-order valence-corrected chi connectivity index (χ3v) is 2.31. The molecule has 0 spiro atoms. The Morgan fingerprint density at radius 3 is 2.79 bits per heavy atom. The molecule has 3 heteroatoms. The molecule has 1 aromatic rings. The topological polar surface area (TPSA) is 29.5 Å². The molecule has 0 bridgehead atoms. The Kier molecular flexibility index (Phi) is 2.39. The van der Waals surface area contributed by atoms with Gasteiger partial charge in [0.05, 0.1) is 0 Å². The Morgan fingerprint density at radius 1 is 1.43 bits per heavy atom. The van der Waals surface area contributed by atoms with Crippen LogP contribution in [0.1, 0.15) is 12.0 Å². The standard InChI is InChI=1S/C11H13NO2/c1-9-4-2-5-10(8-9)14-11(13)12-6-3-7-12/h2,4-5,8H,3,6-7H2,1H3. The van der Waals surface area contributed by atoms with Crippen LogP contribution in [0.5, 0.6) is 5.75 Å². The van der Waals surface area contributed by atoms with E-state index in [0.29, 0.717) is 5.75 Å². The van der Waals surface area contributed by atoms with Gasteiger partial charge in [0.25, 0.3) is 0 Å². The first-order valence-corrected chi connectivity index (χ1v) is 4.79. The largest absolute Gasteiger partial charge is 0.415 e. The number of aryl methyl sites for hydroxylation is 1. The fourth-order valence-electron chi connectivity index (χ4n) is 1.34. The van der Waals surface area contributed by atoms with E-state index >= 15 is 0 Å². The van der Waals surface area contributed by atoms with Gasteiger partial charge in [0, 0.05) is 13.1 Å². The summed E-state index contributed by atoms with van der Waals surface area (Å²) in [5.41, 5.74) is 1.10. The van der Waals surface area contributed by atoms with Gasteiger partial charge in [0.2, 0.25) is 0 Å². The molecule has 0 aromatic heterocycles. The zero-order valence-corrected chi connectivity index (χ0v) is 8.19. The molecule has 1 amide bonds. The number of carbonyl (C=O) groups excluding carboxylic acids is 1. The summed E-state index contributed by atoms with van der Waals surface area (Å²) in [5.74, 6) is 0.627. The van der Waals surface area contributed by atoms with Crippen LogP contribution < -0.4 is 4.74 Å². The highest BCUT2D eigenvalue weighted by Crippen LogP contribution is 2.15. The number of ether oxygens (including phenoxy) is 1. The summed E-state index contributed by atoms with van der Waals surface area (Å²) < 4.78 is 5.19. The highest BCUT2D eigenvalue weighted by atomic mass is 16.6. The lowest BCUT2D eigenvalue weighted by Gasteiger charge is -2.29. The number of amides is 1. The molecular formula is C11H13NO2. The van der Waals surface area contributed by atoms with Gasteiger partial charge in [-0.3, -0.25) is 0 Å². The van der Waals surface area contributed by atoms with E-state index in [2.05, 4.69) is 0 Å². The van der Waals surface area contributed by atoms with Crippen molar-refractivity contribution in [2.24, 2.45) is 0 Å². The predicted octanol–water partition coefficient (Wildman–Crippen LogP) is 2.20. The van der Waals surface area contributed by atoms with Crippen molar-refractivity contribution in [2.75, 3.05) is 13.1 Å². The van der Waals surface area contributed by atoms with Crippen molar-refractivity contribution in [2.45, 2.75) is 13.3 Å². The maximum atomic E-state index is 11.4. The zero-order valence-electron chi connectivity index (χ0n) is 8.19. The van der Waals surface area contributed by atoms with Crippen LogP contribution in [0.25, 0.3) is 0 Å². The lowest BCUT2D eigenvalue weighted by atomic mass is 10.2. The normalized spacial score (nSPS) is 14.8. The maximum absolute atomic E-state index is 11.4. The van der Waals surface area contributed by atoms with E-state index in [0.717, 1.165) is 25.1 Å². The first kappa shape index (κ1) is 9.06. The van der Waals surface area contributed by atoms with E-state index < -0.39 is 0 Å². The van der Waals surface area contributed by atoms with Crippen molar-refractivity contribution in [1.29, 1.82) is 0 Å². The molecular weight excluding hydrogens is 178 g/mol. The average molecular weight is 191 g/mol. The number of rotatable bonds is 1. The molecule has 1 heterocycles. The summed E-state index contributed by atoms with van der Waals surface area (Å²) in [6, 6.07) is 7.51. The zero-order chi connectivity index (χ0) is 9.97. The van der Waals surface area contributed by atoms with Crippen LogP contribution in [-0.2, 0) is 0 Å². The van der Waals surface area contributed by atoms with E-state index in [1.54, 1.807) is 11.0 Å². The highest BCUT2D eigenvalue weighted by Gasteiger charge is 2.21. The number of hydrogen-bond acceptors (Lipinski definition) is 2. The number of hydrogen-bond donors (Lipinski definition) is 0. The van der Waals surface area contributed by atoms with Gasteiger partial charge in [0.15, 0.2) is 0 Å². The fraction of sp³-hybridized carbons (Fsp3) is 0.364. The molecule has 74 valence electrons. The van der Waals surface area contributed by atoms with Gasteiger partial charge in [-0.2, -0.15) is 0 Å². The number of nitrogens with zero attached hydrogens (tertiary/aromatic N) is 1. The van der Waals surface area contributed by atoms with Crippen LogP contribution in [0, 0.1) is 6.92 Å². The van der Waals surface area contributed by atoms with Crippen LogP contribution in [0.2, 0.25) is 0 Å². The predicted molar refractivity (Wildman–Crippen MR) is 53.4 cm³/mol. The second kappa shape index (κ2) is 3.70. The summed E-state index contributed by atoms with van der Waals surface area (Å²) in [4.78, 5) is 13.1. The van der Waals surface area contributed by atoms with Crippen LogP contribution >= 0.6 is 0 Å². The van der Waals surface area contributed by atoms with Gasteiger partial charge in [0.1, 0.15) is 5.75 Å². The molecule has 3 nitrogen and oxygen atoms in total. The Hall–Kier alpha value is -1.51. The Morgan fingerprint density at radius 2 is 2.21 bits per heavy atom. The molecule has 1 saturated heterocycles. The second-order valence-electron chi connectivity index (χ2n) is 3.53. The van der Waals surface area contributed by atoms with Gasteiger partial charge in [-0.25, -0.2) is 4.79 Å². The third kappa shape index (κ3) is 1.87.